The first-order valence-electron chi connectivity index (χ1n) is 5.18. The van der Waals surface area contributed by atoms with Gasteiger partial charge in [-0.15, -0.1) is 0 Å². The molecule has 1 unspecified atom stereocenters. The molecule has 2 atom stereocenters. The summed E-state index contributed by atoms with van der Waals surface area (Å²) in [6, 6.07) is 7.74. The maximum absolute atomic E-state index is 9.62. The third-order valence-electron chi connectivity index (χ3n) is 2.69. The third-order valence-corrected chi connectivity index (χ3v) is 2.69. The van der Waals surface area contributed by atoms with Crippen LogP contribution in [0.15, 0.2) is 24.3 Å². The fraction of sp³-hybridized carbons (Fsp3) is 0.500. The van der Waals surface area contributed by atoms with Crippen molar-refractivity contribution in [3.8, 4) is 0 Å². The van der Waals surface area contributed by atoms with Crippen molar-refractivity contribution < 1.29 is 10.2 Å². The molecule has 0 saturated heterocycles. The maximum Gasteiger partial charge on any atom is 0.0781 e. The van der Waals surface area contributed by atoms with Crippen LogP contribution in [0.5, 0.6) is 0 Å². The first-order valence-corrected chi connectivity index (χ1v) is 5.18. The molecule has 3 heteroatoms. The van der Waals surface area contributed by atoms with E-state index in [9.17, 15) is 5.11 Å². The predicted molar refractivity (Wildman–Crippen MR) is 62.0 cm³/mol. The van der Waals surface area contributed by atoms with Crippen LogP contribution in [-0.2, 0) is 0 Å². The van der Waals surface area contributed by atoms with E-state index in [0.29, 0.717) is 0 Å². The van der Waals surface area contributed by atoms with Crippen LogP contribution in [-0.4, -0.2) is 29.9 Å². The number of anilines is 1. The molecule has 0 aromatic heterocycles. The Morgan fingerprint density at radius 1 is 1.27 bits per heavy atom. The molecular weight excluding hydrogens is 190 g/mol. The Labute approximate surface area is 91.0 Å². The van der Waals surface area contributed by atoms with Crippen LogP contribution >= 0.6 is 0 Å². The average Bonchev–Trinajstić information content (AvgIpc) is 2.27. The zero-order valence-corrected chi connectivity index (χ0v) is 9.51. The number of benzene rings is 1. The average molecular weight is 209 g/mol. The number of aliphatic hydroxyl groups is 2. The molecule has 1 aromatic carbocycles. The zero-order chi connectivity index (χ0) is 11.4. The maximum atomic E-state index is 9.62. The Bertz CT molecular complexity index is 312. The van der Waals surface area contributed by atoms with Crippen molar-refractivity contribution >= 4 is 5.69 Å². The summed E-state index contributed by atoms with van der Waals surface area (Å²) in [5.74, 6) is 0. The summed E-state index contributed by atoms with van der Waals surface area (Å²) in [5, 5.41) is 18.7. The molecular formula is C12H19NO2. The van der Waals surface area contributed by atoms with E-state index in [0.717, 1.165) is 11.3 Å². The second-order valence-electron chi connectivity index (χ2n) is 3.88. The molecule has 0 aliphatic heterocycles. The second kappa shape index (κ2) is 5.14. The molecule has 1 aromatic rings. The predicted octanol–water partition coefficient (Wildman–Crippen LogP) is 1.56. The Morgan fingerprint density at radius 2 is 1.87 bits per heavy atom. The lowest BCUT2D eigenvalue weighted by molar-refractivity contribution is 0.199. The highest BCUT2D eigenvalue weighted by atomic mass is 16.3. The summed E-state index contributed by atoms with van der Waals surface area (Å²) in [6.45, 7) is 3.79. The number of likely N-dealkylation sites (N-methyl/N-ethyl adjacent to an activating group) is 1. The monoisotopic (exact) mass is 209 g/mol. The van der Waals surface area contributed by atoms with Gasteiger partial charge in [0.15, 0.2) is 0 Å². The molecule has 0 spiro atoms. The lowest BCUT2D eigenvalue weighted by atomic mass is 10.1. The fourth-order valence-corrected chi connectivity index (χ4v) is 1.52. The number of nitrogens with zero attached hydrogens (tertiary/aromatic N) is 1. The van der Waals surface area contributed by atoms with Gasteiger partial charge >= 0.3 is 0 Å². The van der Waals surface area contributed by atoms with Gasteiger partial charge in [-0.25, -0.2) is 0 Å². The Balaban J connectivity index is 3.02. The number of aliphatic hydroxyl groups excluding tert-OH is 2. The van der Waals surface area contributed by atoms with Gasteiger partial charge in [-0.2, -0.15) is 0 Å². The highest BCUT2D eigenvalue weighted by molar-refractivity contribution is 5.54. The van der Waals surface area contributed by atoms with E-state index >= 15 is 0 Å². The normalized spacial score (nSPS) is 14.7. The molecule has 1 rings (SSSR count). The molecule has 0 radical (unpaired) electrons. The molecule has 84 valence electrons. The van der Waals surface area contributed by atoms with Crippen molar-refractivity contribution in [3.63, 3.8) is 0 Å². The van der Waals surface area contributed by atoms with Crippen molar-refractivity contribution in [2.45, 2.75) is 26.0 Å². The minimum Gasteiger partial charge on any atom is -0.394 e. The van der Waals surface area contributed by atoms with Gasteiger partial charge in [0, 0.05) is 24.3 Å². The summed E-state index contributed by atoms with van der Waals surface area (Å²) < 4.78 is 0. The van der Waals surface area contributed by atoms with Crippen LogP contribution in [0.25, 0.3) is 0 Å². The van der Waals surface area contributed by atoms with Gasteiger partial charge in [0.1, 0.15) is 0 Å². The number of para-hydroxylation sites is 1. The Kier molecular flexibility index (Phi) is 4.12. The molecule has 3 nitrogen and oxygen atoms in total. The Hall–Kier alpha value is -1.06. The molecule has 0 aliphatic carbocycles. The van der Waals surface area contributed by atoms with Crippen LogP contribution in [0.2, 0.25) is 0 Å². The van der Waals surface area contributed by atoms with E-state index in [1.54, 1.807) is 6.92 Å². The van der Waals surface area contributed by atoms with Crippen LogP contribution in [0.4, 0.5) is 5.69 Å². The van der Waals surface area contributed by atoms with E-state index in [1.165, 1.54) is 0 Å². The summed E-state index contributed by atoms with van der Waals surface area (Å²) in [7, 11) is 1.92. The zero-order valence-electron chi connectivity index (χ0n) is 9.51. The number of hydrogen-bond acceptors (Lipinski definition) is 3. The van der Waals surface area contributed by atoms with E-state index < -0.39 is 6.10 Å². The smallest absolute Gasteiger partial charge is 0.0781 e. The molecule has 0 bridgehead atoms. The van der Waals surface area contributed by atoms with Crippen LogP contribution < -0.4 is 4.90 Å². The van der Waals surface area contributed by atoms with Gasteiger partial charge in [-0.3, -0.25) is 0 Å². The number of rotatable bonds is 4. The topological polar surface area (TPSA) is 43.7 Å². The van der Waals surface area contributed by atoms with Gasteiger partial charge in [-0.1, -0.05) is 18.2 Å². The fourth-order valence-electron chi connectivity index (χ4n) is 1.52. The van der Waals surface area contributed by atoms with Gasteiger partial charge < -0.3 is 15.1 Å². The van der Waals surface area contributed by atoms with E-state index in [1.807, 2.05) is 43.1 Å². The van der Waals surface area contributed by atoms with Crippen LogP contribution in [0.3, 0.4) is 0 Å². The van der Waals surface area contributed by atoms with Crippen molar-refractivity contribution in [1.82, 2.24) is 0 Å². The summed E-state index contributed by atoms with van der Waals surface area (Å²) in [5.41, 5.74) is 1.86. The quantitative estimate of drug-likeness (QED) is 0.791. The molecule has 0 aliphatic rings. The summed E-state index contributed by atoms with van der Waals surface area (Å²) >= 11 is 0. The molecule has 0 fully saturated rings. The van der Waals surface area contributed by atoms with Crippen LogP contribution in [0, 0.1) is 0 Å². The highest BCUT2D eigenvalue weighted by Gasteiger charge is 2.14. The van der Waals surface area contributed by atoms with Crippen molar-refractivity contribution in [3.05, 3.63) is 29.8 Å². The Morgan fingerprint density at radius 3 is 2.40 bits per heavy atom. The van der Waals surface area contributed by atoms with Gasteiger partial charge in [0.25, 0.3) is 0 Å². The van der Waals surface area contributed by atoms with Gasteiger partial charge in [-0.05, 0) is 19.9 Å². The summed E-state index contributed by atoms with van der Waals surface area (Å²) in [6.07, 6.45) is -0.491. The van der Waals surface area contributed by atoms with Crippen molar-refractivity contribution in [2.24, 2.45) is 0 Å². The summed E-state index contributed by atoms with van der Waals surface area (Å²) in [4.78, 5) is 1.97. The minimum absolute atomic E-state index is 0.0462. The first-order chi connectivity index (χ1) is 7.07. The first kappa shape index (κ1) is 12.0. The number of hydrogen-bond donors (Lipinski definition) is 2. The molecule has 0 amide bonds. The molecule has 15 heavy (non-hydrogen) atoms. The van der Waals surface area contributed by atoms with E-state index in [2.05, 4.69) is 0 Å². The van der Waals surface area contributed by atoms with E-state index in [4.69, 9.17) is 5.11 Å². The minimum atomic E-state index is -0.491. The molecule has 2 N–H and O–H groups in total. The standard InChI is InChI=1S/C12H19NO2/c1-9(8-14)13(3)12-7-5-4-6-11(12)10(2)15/h4-7,9-10,14-15H,8H2,1-3H3/t9?,10-/m0/s1. The van der Waals surface area contributed by atoms with E-state index in [-0.39, 0.29) is 12.6 Å². The molecule has 0 heterocycles. The molecule has 0 saturated carbocycles. The van der Waals surface area contributed by atoms with Gasteiger partial charge in [0.2, 0.25) is 0 Å². The van der Waals surface area contributed by atoms with Gasteiger partial charge in [0.05, 0.1) is 12.7 Å². The third kappa shape index (κ3) is 2.70. The van der Waals surface area contributed by atoms with Crippen molar-refractivity contribution in [2.75, 3.05) is 18.6 Å². The SMILES string of the molecule is CC(CO)N(C)c1ccccc1[C@H](C)O. The highest BCUT2D eigenvalue weighted by Crippen LogP contribution is 2.26. The van der Waals surface area contributed by atoms with Crippen molar-refractivity contribution in [1.29, 1.82) is 0 Å². The second-order valence-corrected chi connectivity index (χ2v) is 3.88. The lowest BCUT2D eigenvalue weighted by Gasteiger charge is -2.28. The largest absolute Gasteiger partial charge is 0.394 e. The lowest BCUT2D eigenvalue weighted by Crippen LogP contribution is -2.32. The van der Waals surface area contributed by atoms with Crippen LogP contribution in [0.1, 0.15) is 25.5 Å².